The molecule has 0 saturated carbocycles. The Morgan fingerprint density at radius 2 is 1.96 bits per heavy atom. The number of nitro benzene ring substituents is 1. The lowest BCUT2D eigenvalue weighted by Crippen LogP contribution is -2.20. The maximum atomic E-state index is 10.8. The van der Waals surface area contributed by atoms with Crippen LogP contribution in [0.4, 0.5) is 17.1 Å². The van der Waals surface area contributed by atoms with Gasteiger partial charge in [0, 0.05) is 16.8 Å². The molecule has 0 spiro atoms. The molecule has 0 saturated heterocycles. The molecule has 23 heavy (non-hydrogen) atoms. The van der Waals surface area contributed by atoms with E-state index in [4.69, 9.17) is 28.6 Å². The monoisotopic (exact) mass is 351 g/mol. The Balaban J connectivity index is 2.17. The predicted octanol–water partition coefficient (Wildman–Crippen LogP) is 4.37. The van der Waals surface area contributed by atoms with Crippen LogP contribution in [0, 0.1) is 17.0 Å². The number of nitrogens with one attached hydrogen (secondary N) is 2. The van der Waals surface area contributed by atoms with E-state index in [2.05, 4.69) is 10.6 Å². The summed E-state index contributed by atoms with van der Waals surface area (Å²) in [6, 6.07) is 9.69. The number of nitrogens with zero attached hydrogens (tertiary/aromatic N) is 1. The number of methoxy groups -OCH3 is 1. The molecule has 2 aromatic carbocycles. The third kappa shape index (κ3) is 4.08. The summed E-state index contributed by atoms with van der Waals surface area (Å²) >= 11 is 11.3. The van der Waals surface area contributed by atoms with Crippen molar-refractivity contribution in [3.05, 3.63) is 57.1 Å². The Hall–Kier alpha value is -2.38. The molecule has 0 heterocycles. The van der Waals surface area contributed by atoms with Gasteiger partial charge in [0.2, 0.25) is 0 Å². The average molecular weight is 352 g/mol. The standard InChI is InChI=1S/C15H14ClN3O3S/c1-9-11(16)4-3-5-12(9)17-15(23)18-13-7-6-10(19(20)21)8-14(13)22-2/h3-8H,1-2H3,(H2,17,18,23). The summed E-state index contributed by atoms with van der Waals surface area (Å²) < 4.78 is 5.15. The Kier molecular flexibility index (Phi) is 5.36. The number of anilines is 2. The van der Waals surface area contributed by atoms with Crippen LogP contribution in [-0.2, 0) is 0 Å². The molecule has 8 heteroatoms. The number of ether oxygens (including phenoxy) is 1. The molecule has 0 amide bonds. The lowest BCUT2D eigenvalue weighted by Gasteiger charge is -2.15. The molecular formula is C15H14ClN3O3S. The summed E-state index contributed by atoms with van der Waals surface area (Å²) in [6.07, 6.45) is 0. The fourth-order valence-electron chi connectivity index (χ4n) is 1.92. The fraction of sp³-hybridized carbons (Fsp3) is 0.133. The van der Waals surface area contributed by atoms with E-state index in [-0.39, 0.29) is 5.69 Å². The minimum absolute atomic E-state index is 0.0584. The SMILES string of the molecule is COc1cc([N+](=O)[O-])ccc1NC(=S)Nc1cccc(Cl)c1C. The van der Waals surface area contributed by atoms with Gasteiger partial charge in [0.05, 0.1) is 23.8 Å². The van der Waals surface area contributed by atoms with Gasteiger partial charge in [-0.2, -0.15) is 0 Å². The van der Waals surface area contributed by atoms with Crippen molar-refractivity contribution < 1.29 is 9.66 Å². The molecule has 0 bridgehead atoms. The van der Waals surface area contributed by atoms with Gasteiger partial charge in [-0.3, -0.25) is 10.1 Å². The smallest absolute Gasteiger partial charge is 0.273 e. The molecule has 0 aliphatic heterocycles. The minimum atomic E-state index is -0.488. The van der Waals surface area contributed by atoms with E-state index in [1.54, 1.807) is 6.07 Å². The number of rotatable bonds is 4. The van der Waals surface area contributed by atoms with E-state index in [9.17, 15) is 10.1 Å². The van der Waals surface area contributed by atoms with E-state index in [0.29, 0.717) is 21.6 Å². The van der Waals surface area contributed by atoms with Crippen molar-refractivity contribution in [1.29, 1.82) is 0 Å². The second-order valence-corrected chi connectivity index (χ2v) is 5.45. The van der Waals surface area contributed by atoms with Gasteiger partial charge < -0.3 is 15.4 Å². The fourth-order valence-corrected chi connectivity index (χ4v) is 2.31. The minimum Gasteiger partial charge on any atom is -0.494 e. The first-order valence-electron chi connectivity index (χ1n) is 6.58. The van der Waals surface area contributed by atoms with Crippen molar-refractivity contribution in [2.75, 3.05) is 17.7 Å². The highest BCUT2D eigenvalue weighted by Crippen LogP contribution is 2.29. The van der Waals surface area contributed by atoms with Crippen LogP contribution in [0.2, 0.25) is 5.02 Å². The maximum Gasteiger partial charge on any atom is 0.273 e. The van der Waals surface area contributed by atoms with Crippen LogP contribution in [-0.4, -0.2) is 17.1 Å². The maximum absolute atomic E-state index is 10.8. The lowest BCUT2D eigenvalue weighted by atomic mass is 10.2. The Morgan fingerprint density at radius 1 is 1.26 bits per heavy atom. The van der Waals surface area contributed by atoms with Gasteiger partial charge in [-0.25, -0.2) is 0 Å². The van der Waals surface area contributed by atoms with Crippen LogP contribution in [0.15, 0.2) is 36.4 Å². The highest BCUT2D eigenvalue weighted by molar-refractivity contribution is 7.80. The molecule has 2 rings (SSSR count). The zero-order valence-electron chi connectivity index (χ0n) is 12.4. The normalized spacial score (nSPS) is 10.0. The molecule has 0 aliphatic rings. The number of non-ortho nitro benzene ring substituents is 1. The highest BCUT2D eigenvalue weighted by Gasteiger charge is 2.12. The van der Waals surface area contributed by atoms with Gasteiger partial charge in [0.25, 0.3) is 5.69 Å². The molecule has 2 aromatic rings. The predicted molar refractivity (Wildman–Crippen MR) is 95.7 cm³/mol. The second-order valence-electron chi connectivity index (χ2n) is 4.63. The number of benzene rings is 2. The largest absolute Gasteiger partial charge is 0.494 e. The van der Waals surface area contributed by atoms with E-state index in [1.807, 2.05) is 19.1 Å². The van der Waals surface area contributed by atoms with Crippen molar-refractivity contribution in [1.82, 2.24) is 0 Å². The van der Waals surface area contributed by atoms with Crippen LogP contribution in [0.5, 0.6) is 5.75 Å². The Labute approximate surface area is 143 Å². The van der Waals surface area contributed by atoms with Crippen LogP contribution in [0.1, 0.15) is 5.56 Å². The highest BCUT2D eigenvalue weighted by atomic mass is 35.5. The summed E-state index contributed by atoms with van der Waals surface area (Å²) in [5.74, 6) is 0.325. The van der Waals surface area contributed by atoms with Crippen molar-refractivity contribution in [3.63, 3.8) is 0 Å². The number of thiocarbonyl (C=S) groups is 1. The molecule has 120 valence electrons. The van der Waals surface area contributed by atoms with Crippen molar-refractivity contribution in [2.45, 2.75) is 6.92 Å². The summed E-state index contributed by atoms with van der Waals surface area (Å²) in [6.45, 7) is 1.87. The quantitative estimate of drug-likeness (QED) is 0.484. The van der Waals surface area contributed by atoms with Crippen molar-refractivity contribution in [2.24, 2.45) is 0 Å². The first-order valence-corrected chi connectivity index (χ1v) is 7.36. The molecule has 0 aromatic heterocycles. The number of hydrogen-bond donors (Lipinski definition) is 2. The molecule has 0 unspecified atom stereocenters. The summed E-state index contributed by atoms with van der Waals surface area (Å²) in [7, 11) is 1.43. The zero-order chi connectivity index (χ0) is 17.0. The third-order valence-electron chi connectivity index (χ3n) is 3.16. The Bertz CT molecular complexity index is 768. The van der Waals surface area contributed by atoms with Crippen LogP contribution in [0.25, 0.3) is 0 Å². The number of halogens is 1. The Morgan fingerprint density at radius 3 is 2.61 bits per heavy atom. The van der Waals surface area contributed by atoms with E-state index in [0.717, 1.165) is 11.3 Å². The van der Waals surface area contributed by atoms with Crippen molar-refractivity contribution >= 4 is 46.0 Å². The van der Waals surface area contributed by atoms with Gasteiger partial charge in [-0.15, -0.1) is 0 Å². The van der Waals surface area contributed by atoms with Crippen LogP contribution >= 0.6 is 23.8 Å². The van der Waals surface area contributed by atoms with Crippen molar-refractivity contribution in [3.8, 4) is 5.75 Å². The van der Waals surface area contributed by atoms with Crippen LogP contribution in [0.3, 0.4) is 0 Å². The molecule has 6 nitrogen and oxygen atoms in total. The van der Waals surface area contributed by atoms with E-state index >= 15 is 0 Å². The zero-order valence-corrected chi connectivity index (χ0v) is 14.0. The molecule has 0 radical (unpaired) electrons. The average Bonchev–Trinajstić information content (AvgIpc) is 2.52. The summed E-state index contributed by atoms with van der Waals surface area (Å²) in [4.78, 5) is 10.3. The summed E-state index contributed by atoms with van der Waals surface area (Å²) in [5.41, 5.74) is 2.11. The first-order chi connectivity index (χ1) is 10.9. The lowest BCUT2D eigenvalue weighted by molar-refractivity contribution is -0.384. The molecular weight excluding hydrogens is 338 g/mol. The van der Waals surface area contributed by atoms with Crippen LogP contribution < -0.4 is 15.4 Å². The number of hydrogen-bond acceptors (Lipinski definition) is 4. The topological polar surface area (TPSA) is 76.4 Å². The second kappa shape index (κ2) is 7.26. The molecule has 0 aliphatic carbocycles. The van der Waals surface area contributed by atoms with Gasteiger partial charge in [-0.05, 0) is 42.9 Å². The summed E-state index contributed by atoms with van der Waals surface area (Å²) in [5, 5.41) is 17.7. The number of nitro groups is 1. The molecule has 0 fully saturated rings. The van der Waals surface area contributed by atoms with Gasteiger partial charge in [-0.1, -0.05) is 17.7 Å². The van der Waals surface area contributed by atoms with Gasteiger partial charge in [0.15, 0.2) is 5.11 Å². The molecule has 2 N–H and O–H groups in total. The third-order valence-corrected chi connectivity index (χ3v) is 3.77. The molecule has 0 atom stereocenters. The van der Waals surface area contributed by atoms with E-state index < -0.39 is 4.92 Å². The van der Waals surface area contributed by atoms with E-state index in [1.165, 1.54) is 25.3 Å². The van der Waals surface area contributed by atoms with Gasteiger partial charge >= 0.3 is 0 Å². The van der Waals surface area contributed by atoms with Gasteiger partial charge in [0.1, 0.15) is 5.75 Å². The first kappa shape index (κ1) is 17.0.